The molecule has 0 radical (unpaired) electrons. The molecule has 4 nitrogen and oxygen atoms in total. The third-order valence-corrected chi connectivity index (χ3v) is 2.61. The summed E-state index contributed by atoms with van der Waals surface area (Å²) >= 11 is 0. The van der Waals surface area contributed by atoms with Crippen molar-refractivity contribution in [3.8, 4) is 0 Å². The van der Waals surface area contributed by atoms with Gasteiger partial charge in [0, 0.05) is 31.3 Å². The van der Waals surface area contributed by atoms with Gasteiger partial charge in [-0.25, -0.2) is 0 Å². The molecule has 1 fully saturated rings. The van der Waals surface area contributed by atoms with E-state index in [1.807, 2.05) is 4.90 Å². The van der Waals surface area contributed by atoms with Crippen molar-refractivity contribution in [3.63, 3.8) is 0 Å². The van der Waals surface area contributed by atoms with Gasteiger partial charge in [0.1, 0.15) is 0 Å². The van der Waals surface area contributed by atoms with Crippen LogP contribution in [0.25, 0.3) is 0 Å². The van der Waals surface area contributed by atoms with Gasteiger partial charge in [-0.15, -0.1) is 0 Å². The Labute approximate surface area is 85.0 Å². The maximum Gasteiger partial charge on any atom is 0.222 e. The van der Waals surface area contributed by atoms with Crippen molar-refractivity contribution in [2.45, 2.75) is 38.6 Å². The topological polar surface area (TPSA) is 70.2 Å². The number of rotatable bonds is 3. The van der Waals surface area contributed by atoms with E-state index in [2.05, 4.69) is 0 Å². The van der Waals surface area contributed by atoms with Crippen molar-refractivity contribution in [1.82, 2.24) is 4.90 Å². The van der Waals surface area contributed by atoms with Crippen LogP contribution >= 0.6 is 0 Å². The summed E-state index contributed by atoms with van der Waals surface area (Å²) in [6, 6.07) is 0.267. The molecule has 1 rings (SSSR count). The minimum absolute atomic E-state index is 0.170. The maximum absolute atomic E-state index is 11.6. The van der Waals surface area contributed by atoms with Crippen LogP contribution in [-0.4, -0.2) is 35.7 Å². The Morgan fingerprint density at radius 1 is 1.43 bits per heavy atom. The minimum Gasteiger partial charge on any atom is -0.343 e. The molecule has 0 aromatic rings. The number of nitrogens with one attached hydrogen (secondary N) is 1. The van der Waals surface area contributed by atoms with E-state index in [0.29, 0.717) is 18.6 Å². The number of hydrogen-bond acceptors (Lipinski definition) is 3. The Morgan fingerprint density at radius 3 is 2.50 bits per heavy atom. The van der Waals surface area contributed by atoms with Crippen molar-refractivity contribution < 1.29 is 4.79 Å². The Bertz CT molecular complexity index is 219. The van der Waals surface area contributed by atoms with Crippen molar-refractivity contribution in [2.75, 3.05) is 13.1 Å². The molecule has 0 aromatic carbocycles. The predicted octanol–water partition coefficient (Wildman–Crippen LogP) is 0.756. The summed E-state index contributed by atoms with van der Waals surface area (Å²) in [6.07, 6.45) is 2.89. The SMILES string of the molecule is CC(=N)CCC(=O)N1CCC(N)CC1. The lowest BCUT2D eigenvalue weighted by molar-refractivity contribution is -0.132. The fourth-order valence-corrected chi connectivity index (χ4v) is 1.60. The van der Waals surface area contributed by atoms with E-state index in [1.165, 1.54) is 0 Å². The maximum atomic E-state index is 11.6. The van der Waals surface area contributed by atoms with Gasteiger partial charge in [-0.05, 0) is 26.2 Å². The van der Waals surface area contributed by atoms with Crippen LogP contribution in [0.5, 0.6) is 0 Å². The first kappa shape index (κ1) is 11.2. The van der Waals surface area contributed by atoms with Crippen molar-refractivity contribution >= 4 is 11.6 Å². The van der Waals surface area contributed by atoms with Gasteiger partial charge in [0.15, 0.2) is 0 Å². The van der Waals surface area contributed by atoms with Crippen molar-refractivity contribution in [2.24, 2.45) is 5.73 Å². The number of carbonyl (C=O) groups excluding carboxylic acids is 1. The standard InChI is InChI=1S/C10H19N3O/c1-8(11)2-3-10(14)13-6-4-9(12)5-7-13/h9,11H,2-7,12H2,1H3. The lowest BCUT2D eigenvalue weighted by Gasteiger charge is -2.30. The molecule has 0 aromatic heterocycles. The highest BCUT2D eigenvalue weighted by Crippen LogP contribution is 2.10. The molecule has 1 aliphatic rings. The van der Waals surface area contributed by atoms with Crippen molar-refractivity contribution in [1.29, 1.82) is 5.41 Å². The highest BCUT2D eigenvalue weighted by atomic mass is 16.2. The van der Waals surface area contributed by atoms with Gasteiger partial charge in [-0.1, -0.05) is 0 Å². The molecule has 0 aliphatic carbocycles. The summed E-state index contributed by atoms with van der Waals surface area (Å²) in [7, 11) is 0. The van der Waals surface area contributed by atoms with Crippen LogP contribution < -0.4 is 5.73 Å². The number of nitrogens with zero attached hydrogens (tertiary/aromatic N) is 1. The number of carbonyl (C=O) groups is 1. The number of hydrogen-bond donors (Lipinski definition) is 2. The van der Waals surface area contributed by atoms with Gasteiger partial charge < -0.3 is 16.0 Å². The van der Waals surface area contributed by atoms with Crippen LogP contribution in [0.1, 0.15) is 32.6 Å². The first-order valence-electron chi connectivity index (χ1n) is 5.17. The highest BCUT2D eigenvalue weighted by Gasteiger charge is 2.19. The molecule has 0 spiro atoms. The Balaban J connectivity index is 2.27. The summed E-state index contributed by atoms with van der Waals surface area (Å²) < 4.78 is 0. The van der Waals surface area contributed by atoms with E-state index in [0.717, 1.165) is 25.9 Å². The van der Waals surface area contributed by atoms with E-state index in [4.69, 9.17) is 11.1 Å². The van der Waals surface area contributed by atoms with Crippen LogP contribution in [0.4, 0.5) is 0 Å². The lowest BCUT2D eigenvalue weighted by Crippen LogP contribution is -2.42. The molecule has 0 bridgehead atoms. The molecule has 1 aliphatic heterocycles. The molecule has 0 saturated carbocycles. The molecule has 1 heterocycles. The molecule has 0 unspecified atom stereocenters. The lowest BCUT2D eigenvalue weighted by atomic mass is 10.1. The Kier molecular flexibility index (Phi) is 4.07. The zero-order chi connectivity index (χ0) is 10.6. The van der Waals surface area contributed by atoms with Crippen LogP contribution in [-0.2, 0) is 4.79 Å². The van der Waals surface area contributed by atoms with E-state index >= 15 is 0 Å². The second-order valence-corrected chi connectivity index (χ2v) is 4.00. The van der Waals surface area contributed by atoms with Crippen LogP contribution in [0.15, 0.2) is 0 Å². The Morgan fingerprint density at radius 2 is 2.00 bits per heavy atom. The molecule has 3 N–H and O–H groups in total. The second kappa shape index (κ2) is 5.10. The van der Waals surface area contributed by atoms with Gasteiger partial charge in [0.2, 0.25) is 5.91 Å². The molecular weight excluding hydrogens is 178 g/mol. The van der Waals surface area contributed by atoms with Gasteiger partial charge in [0.25, 0.3) is 0 Å². The minimum atomic E-state index is 0.170. The smallest absolute Gasteiger partial charge is 0.222 e. The van der Waals surface area contributed by atoms with E-state index in [9.17, 15) is 4.79 Å². The first-order valence-corrected chi connectivity index (χ1v) is 5.17. The van der Waals surface area contributed by atoms with E-state index in [1.54, 1.807) is 6.92 Å². The van der Waals surface area contributed by atoms with Gasteiger partial charge >= 0.3 is 0 Å². The molecule has 4 heteroatoms. The first-order chi connectivity index (χ1) is 6.59. The van der Waals surface area contributed by atoms with E-state index < -0.39 is 0 Å². The summed E-state index contributed by atoms with van der Waals surface area (Å²) in [5, 5.41) is 7.24. The molecule has 1 amide bonds. The molecule has 0 atom stereocenters. The van der Waals surface area contributed by atoms with E-state index in [-0.39, 0.29) is 11.9 Å². The summed E-state index contributed by atoms with van der Waals surface area (Å²) in [6.45, 7) is 3.31. The number of piperidine rings is 1. The van der Waals surface area contributed by atoms with Gasteiger partial charge in [-0.3, -0.25) is 4.79 Å². The van der Waals surface area contributed by atoms with Crippen LogP contribution in [0, 0.1) is 5.41 Å². The monoisotopic (exact) mass is 197 g/mol. The fraction of sp³-hybridized carbons (Fsp3) is 0.800. The largest absolute Gasteiger partial charge is 0.343 e. The fourth-order valence-electron chi connectivity index (χ4n) is 1.60. The second-order valence-electron chi connectivity index (χ2n) is 4.00. The number of nitrogens with two attached hydrogens (primary N) is 1. The average Bonchev–Trinajstić information content (AvgIpc) is 2.15. The highest BCUT2D eigenvalue weighted by molar-refractivity contribution is 5.85. The normalized spacial score (nSPS) is 18.3. The van der Waals surface area contributed by atoms with Gasteiger partial charge in [-0.2, -0.15) is 0 Å². The van der Waals surface area contributed by atoms with Crippen LogP contribution in [0.2, 0.25) is 0 Å². The third kappa shape index (κ3) is 3.46. The summed E-state index contributed by atoms with van der Waals surface area (Å²) in [4.78, 5) is 13.5. The zero-order valence-electron chi connectivity index (χ0n) is 8.75. The van der Waals surface area contributed by atoms with Gasteiger partial charge in [0.05, 0.1) is 0 Å². The summed E-state index contributed by atoms with van der Waals surface area (Å²) in [5.41, 5.74) is 6.32. The van der Waals surface area contributed by atoms with Crippen molar-refractivity contribution in [3.05, 3.63) is 0 Å². The summed E-state index contributed by atoms with van der Waals surface area (Å²) in [5.74, 6) is 0.170. The number of likely N-dealkylation sites (tertiary alicyclic amines) is 1. The van der Waals surface area contributed by atoms with Crippen LogP contribution in [0.3, 0.4) is 0 Å². The third-order valence-electron chi connectivity index (χ3n) is 2.61. The number of amides is 1. The average molecular weight is 197 g/mol. The zero-order valence-corrected chi connectivity index (χ0v) is 8.75. The molecule has 80 valence electrons. The molecular formula is C10H19N3O. The predicted molar refractivity (Wildman–Crippen MR) is 56.4 cm³/mol. The quantitative estimate of drug-likeness (QED) is 0.656. The molecule has 14 heavy (non-hydrogen) atoms. The molecule has 1 saturated heterocycles. The Hall–Kier alpha value is -0.900.